The van der Waals surface area contributed by atoms with Gasteiger partial charge in [-0.3, -0.25) is 14.4 Å². The fourth-order valence-electron chi connectivity index (χ4n) is 3.64. The molecule has 0 aliphatic carbocycles. The Morgan fingerprint density at radius 2 is 2.06 bits per heavy atom. The van der Waals surface area contributed by atoms with E-state index < -0.39 is 17.9 Å². The van der Waals surface area contributed by atoms with Crippen LogP contribution in [0.3, 0.4) is 0 Å². The van der Waals surface area contributed by atoms with Crippen molar-refractivity contribution >= 4 is 40.4 Å². The highest BCUT2D eigenvalue weighted by Gasteiger charge is 2.25. The Morgan fingerprint density at radius 3 is 2.81 bits per heavy atom. The van der Waals surface area contributed by atoms with E-state index in [1.807, 2.05) is 17.5 Å². The van der Waals surface area contributed by atoms with Gasteiger partial charge in [0.15, 0.2) is 0 Å². The number of furan rings is 1. The maximum atomic E-state index is 12.8. The van der Waals surface area contributed by atoms with Crippen LogP contribution in [0.1, 0.15) is 39.7 Å². The van der Waals surface area contributed by atoms with Crippen LogP contribution in [0, 0.1) is 0 Å². The Kier molecular flexibility index (Phi) is 6.67. The summed E-state index contributed by atoms with van der Waals surface area (Å²) in [6, 6.07) is 10.6. The van der Waals surface area contributed by atoms with Crippen LogP contribution < -0.4 is 15.5 Å². The minimum atomic E-state index is -0.787. The van der Waals surface area contributed by atoms with Gasteiger partial charge in [-0.1, -0.05) is 6.07 Å². The van der Waals surface area contributed by atoms with Gasteiger partial charge in [-0.05, 0) is 60.5 Å². The molecule has 0 fully saturated rings. The molecule has 0 saturated heterocycles. The number of aliphatic hydroxyl groups excluding tert-OH is 1. The third-order valence-electron chi connectivity index (χ3n) is 5.27. The second-order valence-corrected chi connectivity index (χ2v) is 8.40. The number of fused-ring (bicyclic) bond motifs is 1. The van der Waals surface area contributed by atoms with Gasteiger partial charge in [-0.15, -0.1) is 11.3 Å². The van der Waals surface area contributed by atoms with Gasteiger partial charge < -0.3 is 25.1 Å². The first-order valence-corrected chi connectivity index (χ1v) is 11.2. The molecule has 1 atom stereocenters. The van der Waals surface area contributed by atoms with Crippen LogP contribution >= 0.6 is 11.3 Å². The first-order valence-electron chi connectivity index (χ1n) is 10.3. The van der Waals surface area contributed by atoms with E-state index in [0.29, 0.717) is 22.7 Å². The number of benzene rings is 1. The molecule has 0 spiro atoms. The number of hydrogen-bond acceptors (Lipinski definition) is 6. The third-order valence-corrected chi connectivity index (χ3v) is 6.13. The number of aryl methyl sites for hydroxylation is 1. The quantitative estimate of drug-likeness (QED) is 0.497. The van der Waals surface area contributed by atoms with Crippen molar-refractivity contribution in [2.45, 2.75) is 25.4 Å². The first kappa shape index (κ1) is 21.8. The van der Waals surface area contributed by atoms with Gasteiger partial charge in [-0.25, -0.2) is 0 Å². The van der Waals surface area contributed by atoms with Crippen molar-refractivity contribution in [3.8, 4) is 0 Å². The number of rotatable bonds is 6. The fourth-order valence-corrected chi connectivity index (χ4v) is 4.31. The maximum Gasteiger partial charge on any atom is 0.313 e. The number of amides is 3. The second kappa shape index (κ2) is 9.80. The largest absolute Gasteiger partial charge is 0.472 e. The van der Waals surface area contributed by atoms with Crippen LogP contribution in [0.4, 0.5) is 11.4 Å². The van der Waals surface area contributed by atoms with E-state index in [1.165, 1.54) is 23.9 Å². The van der Waals surface area contributed by atoms with Gasteiger partial charge in [-0.2, -0.15) is 0 Å². The summed E-state index contributed by atoms with van der Waals surface area (Å²) in [5.74, 6) is -1.60. The van der Waals surface area contributed by atoms with Gasteiger partial charge >= 0.3 is 11.8 Å². The van der Waals surface area contributed by atoms with Crippen LogP contribution in [-0.4, -0.2) is 35.9 Å². The standard InChI is InChI=1S/C23H23N3O5S/c27-19(16-8-11-31-14-16)7-9-24-21(28)22(29)25-17-5-6-18-15(13-17)3-1-10-26(18)23(30)20-4-2-12-32-20/h2,4-6,8,11-14,19,27H,1,3,7,9-10H2,(H,24,28)(H,25,29). The molecule has 0 bridgehead atoms. The Balaban J connectivity index is 1.34. The zero-order valence-electron chi connectivity index (χ0n) is 17.2. The summed E-state index contributed by atoms with van der Waals surface area (Å²) >= 11 is 1.41. The number of nitrogens with zero attached hydrogens (tertiary/aromatic N) is 1. The molecule has 0 radical (unpaired) electrons. The van der Waals surface area contributed by atoms with E-state index in [2.05, 4.69) is 10.6 Å². The molecule has 1 aliphatic rings. The smallest absolute Gasteiger partial charge is 0.313 e. The lowest BCUT2D eigenvalue weighted by molar-refractivity contribution is -0.136. The van der Waals surface area contributed by atoms with E-state index in [9.17, 15) is 19.5 Å². The SMILES string of the molecule is O=C(NCCC(O)c1ccoc1)C(=O)Nc1ccc2c(c1)CCCN2C(=O)c1cccs1. The van der Waals surface area contributed by atoms with E-state index in [1.54, 1.807) is 29.2 Å². The molecule has 4 rings (SSSR count). The first-order chi connectivity index (χ1) is 15.5. The lowest BCUT2D eigenvalue weighted by atomic mass is 10.0. The lowest BCUT2D eigenvalue weighted by Crippen LogP contribution is -2.36. The van der Waals surface area contributed by atoms with Crippen LogP contribution in [0.2, 0.25) is 0 Å². The van der Waals surface area contributed by atoms with Crippen molar-refractivity contribution in [3.63, 3.8) is 0 Å². The minimum Gasteiger partial charge on any atom is -0.472 e. The lowest BCUT2D eigenvalue weighted by Gasteiger charge is -2.29. The van der Waals surface area contributed by atoms with Gasteiger partial charge in [0.2, 0.25) is 0 Å². The Labute approximate surface area is 188 Å². The molecule has 9 heteroatoms. The highest BCUT2D eigenvalue weighted by molar-refractivity contribution is 7.12. The van der Waals surface area contributed by atoms with Crippen molar-refractivity contribution in [1.29, 1.82) is 0 Å². The normalized spacial score (nSPS) is 13.8. The monoisotopic (exact) mass is 453 g/mol. The predicted molar refractivity (Wildman–Crippen MR) is 121 cm³/mol. The van der Waals surface area contributed by atoms with Gasteiger partial charge in [0, 0.05) is 30.0 Å². The molecule has 1 aliphatic heterocycles. The number of carbonyl (C=O) groups excluding carboxylic acids is 3. The summed E-state index contributed by atoms with van der Waals surface area (Å²) in [6.07, 6.45) is 3.97. The summed E-state index contributed by atoms with van der Waals surface area (Å²) in [5.41, 5.74) is 2.88. The number of nitrogens with one attached hydrogen (secondary N) is 2. The molecule has 0 saturated carbocycles. The van der Waals surface area contributed by atoms with Gasteiger partial charge in [0.25, 0.3) is 5.91 Å². The summed E-state index contributed by atoms with van der Waals surface area (Å²) in [7, 11) is 0. The van der Waals surface area contributed by atoms with Crippen molar-refractivity contribution < 1.29 is 23.9 Å². The van der Waals surface area contributed by atoms with Crippen molar-refractivity contribution in [2.24, 2.45) is 0 Å². The van der Waals surface area contributed by atoms with Crippen LogP contribution in [0.5, 0.6) is 0 Å². The van der Waals surface area contributed by atoms with Gasteiger partial charge in [0.1, 0.15) is 0 Å². The Bertz CT molecular complexity index is 1100. The van der Waals surface area contributed by atoms with Crippen LogP contribution in [0.15, 0.2) is 58.7 Å². The zero-order chi connectivity index (χ0) is 22.5. The average molecular weight is 454 g/mol. The second-order valence-electron chi connectivity index (χ2n) is 7.45. The van der Waals surface area contributed by atoms with E-state index in [-0.39, 0.29) is 18.9 Å². The minimum absolute atomic E-state index is 0.0327. The summed E-state index contributed by atoms with van der Waals surface area (Å²) < 4.78 is 4.91. The third kappa shape index (κ3) is 4.90. The molecule has 3 amide bonds. The maximum absolute atomic E-state index is 12.8. The molecular weight excluding hydrogens is 430 g/mol. The molecule has 32 heavy (non-hydrogen) atoms. The Hall–Kier alpha value is -3.43. The summed E-state index contributed by atoms with van der Waals surface area (Å²) in [5, 5.41) is 17.0. The fraction of sp³-hybridized carbons (Fsp3) is 0.261. The summed E-state index contributed by atoms with van der Waals surface area (Å²) in [6.45, 7) is 0.783. The number of thiophene rings is 1. The highest BCUT2D eigenvalue weighted by atomic mass is 32.1. The van der Waals surface area contributed by atoms with Crippen molar-refractivity contribution in [1.82, 2.24) is 5.32 Å². The van der Waals surface area contributed by atoms with Crippen molar-refractivity contribution in [2.75, 3.05) is 23.3 Å². The van der Waals surface area contributed by atoms with Gasteiger partial charge in [0.05, 0.1) is 23.5 Å². The number of anilines is 2. The van der Waals surface area contributed by atoms with E-state index >= 15 is 0 Å². The molecule has 1 aromatic carbocycles. The van der Waals surface area contributed by atoms with E-state index in [0.717, 1.165) is 24.1 Å². The molecule has 2 aromatic heterocycles. The Morgan fingerprint density at radius 1 is 1.19 bits per heavy atom. The molecule has 3 heterocycles. The van der Waals surface area contributed by atoms with Crippen molar-refractivity contribution in [3.05, 3.63) is 70.3 Å². The molecule has 3 aromatic rings. The highest BCUT2D eigenvalue weighted by Crippen LogP contribution is 2.31. The molecule has 166 valence electrons. The summed E-state index contributed by atoms with van der Waals surface area (Å²) in [4.78, 5) is 39.6. The molecule has 8 nitrogen and oxygen atoms in total. The number of hydrogen-bond donors (Lipinski definition) is 3. The topological polar surface area (TPSA) is 112 Å². The van der Waals surface area contributed by atoms with E-state index in [4.69, 9.17) is 4.42 Å². The molecule has 3 N–H and O–H groups in total. The number of carbonyl (C=O) groups is 3. The predicted octanol–water partition coefficient (Wildman–Crippen LogP) is 3.11. The molecular formula is C23H23N3O5S. The molecule has 1 unspecified atom stereocenters. The van der Waals surface area contributed by atoms with Crippen LogP contribution in [-0.2, 0) is 16.0 Å². The zero-order valence-corrected chi connectivity index (χ0v) is 18.1. The average Bonchev–Trinajstić information content (AvgIpc) is 3.52. The number of aliphatic hydroxyl groups is 1. The van der Waals surface area contributed by atoms with Crippen LogP contribution in [0.25, 0.3) is 0 Å².